The fourth-order valence-corrected chi connectivity index (χ4v) is 3.49. The third kappa shape index (κ3) is 68.9. The van der Waals surface area contributed by atoms with Crippen molar-refractivity contribution in [2.45, 2.75) is 80.7 Å². The Bertz CT molecular complexity index is 581. The van der Waals surface area contributed by atoms with Crippen LogP contribution < -0.4 is 0 Å². The van der Waals surface area contributed by atoms with E-state index in [1.54, 1.807) is 0 Å². The van der Waals surface area contributed by atoms with Gasteiger partial charge in [-0.3, -0.25) is 9.59 Å². The van der Waals surface area contributed by atoms with Crippen LogP contribution in [-0.4, -0.2) is 153 Å². The predicted octanol–water partition coefficient (Wildman–Crippen LogP) is 1.64. The monoisotopic (exact) mass is 716 g/mol. The van der Waals surface area contributed by atoms with Crippen molar-refractivity contribution in [3.05, 3.63) is 0 Å². The van der Waals surface area contributed by atoms with Crippen molar-refractivity contribution in [2.75, 3.05) is 67.2 Å². The third-order valence-corrected chi connectivity index (χ3v) is 7.05. The SMILES string of the molecule is C.C.C.C.CC(=O)O.CO[Si](O)(O)CCCOCC(O)COC(C)=O.CO[Si](O)(O)CCCOCC1CO1.[B]PC.[B]PC. The summed E-state index contributed by atoms with van der Waals surface area (Å²) in [4.78, 5) is 56.1. The number of carboxylic acid groups (broad SMARTS) is 1. The van der Waals surface area contributed by atoms with E-state index in [0.717, 1.165) is 13.5 Å². The number of epoxide rings is 1. The summed E-state index contributed by atoms with van der Waals surface area (Å²) in [5.74, 6) is -1.29. The molecular formula is C24H64B2O14P2Si2. The Balaban J connectivity index is -0.0000000711. The van der Waals surface area contributed by atoms with Crippen LogP contribution in [0.3, 0.4) is 0 Å². The molecule has 0 aliphatic carbocycles. The maximum atomic E-state index is 10.4. The van der Waals surface area contributed by atoms with Gasteiger partial charge in [-0.2, -0.15) is 16.9 Å². The fourth-order valence-electron chi connectivity index (χ4n) is 1.87. The summed E-state index contributed by atoms with van der Waals surface area (Å²) in [6.45, 7) is 8.33. The number of hydrogen-bond acceptors (Lipinski definition) is 13. The van der Waals surface area contributed by atoms with Crippen LogP contribution in [0.25, 0.3) is 0 Å². The molecule has 0 aromatic carbocycles. The molecule has 4 radical (unpaired) electrons. The highest BCUT2D eigenvalue weighted by molar-refractivity contribution is 7.65. The predicted molar refractivity (Wildman–Crippen MR) is 187 cm³/mol. The van der Waals surface area contributed by atoms with Crippen LogP contribution in [0.15, 0.2) is 0 Å². The molecule has 0 bridgehead atoms. The first-order valence-corrected chi connectivity index (χ1v) is 19.3. The van der Waals surface area contributed by atoms with Crippen molar-refractivity contribution in [3.63, 3.8) is 0 Å². The molecule has 1 heterocycles. The van der Waals surface area contributed by atoms with E-state index in [1.807, 2.05) is 13.3 Å². The summed E-state index contributed by atoms with van der Waals surface area (Å²) < 4.78 is 28.9. The van der Waals surface area contributed by atoms with E-state index < -0.39 is 35.7 Å². The van der Waals surface area contributed by atoms with Gasteiger partial charge in [0.05, 0.1) is 19.8 Å². The van der Waals surface area contributed by atoms with Gasteiger partial charge >= 0.3 is 23.6 Å². The third-order valence-electron chi connectivity index (χ3n) is 3.73. The lowest BCUT2D eigenvalue weighted by Crippen LogP contribution is -2.37. The zero-order valence-electron chi connectivity index (χ0n) is 24.3. The molecule has 4 atom stereocenters. The van der Waals surface area contributed by atoms with Gasteiger partial charge in [-0.15, -0.1) is 0 Å². The van der Waals surface area contributed by atoms with E-state index in [0.29, 0.717) is 43.0 Å². The van der Waals surface area contributed by atoms with E-state index in [9.17, 15) is 19.5 Å². The number of aliphatic hydroxyl groups excluding tert-OH is 1. The number of carbonyl (C=O) groups is 2. The van der Waals surface area contributed by atoms with E-state index in [1.165, 1.54) is 21.1 Å². The van der Waals surface area contributed by atoms with E-state index in [4.69, 9.17) is 48.8 Å². The summed E-state index contributed by atoms with van der Waals surface area (Å²) in [5, 5.41) is 16.7. The fraction of sp³-hybridized carbons (Fsp3) is 0.917. The molecular weight excluding hydrogens is 652 g/mol. The van der Waals surface area contributed by atoms with Crippen molar-refractivity contribution in [1.29, 1.82) is 0 Å². The van der Waals surface area contributed by atoms with E-state index in [-0.39, 0.29) is 67.7 Å². The van der Waals surface area contributed by atoms with Crippen LogP contribution in [0.2, 0.25) is 12.1 Å². The Hall–Kier alpha value is -0.0364. The van der Waals surface area contributed by atoms with Gasteiger partial charge in [-0.25, -0.2) is 0 Å². The minimum Gasteiger partial charge on any atom is -0.481 e. The van der Waals surface area contributed by atoms with Gasteiger partial charge in [-0.1, -0.05) is 43.0 Å². The molecule has 1 rings (SSSR count). The van der Waals surface area contributed by atoms with Crippen LogP contribution in [-0.2, 0) is 37.4 Å². The van der Waals surface area contributed by atoms with Gasteiger partial charge in [0.2, 0.25) is 0 Å². The van der Waals surface area contributed by atoms with Crippen molar-refractivity contribution in [1.82, 2.24) is 0 Å². The van der Waals surface area contributed by atoms with Crippen molar-refractivity contribution in [2.24, 2.45) is 0 Å². The van der Waals surface area contributed by atoms with Gasteiger partial charge in [0.15, 0.2) is 0 Å². The van der Waals surface area contributed by atoms with E-state index in [2.05, 4.69) is 13.6 Å². The number of carboxylic acids is 1. The highest BCUT2D eigenvalue weighted by Gasteiger charge is 2.30. The lowest BCUT2D eigenvalue weighted by atomic mass is 10.4. The maximum absolute atomic E-state index is 10.4. The molecule has 6 N–H and O–H groups in total. The molecule has 0 aromatic heterocycles. The standard InChI is InChI=1S/C9H20O7Si.C7H16O5Si.C2H4O2.2CH4BP.4CH4/c1-8(10)16-7-9(11)6-15-4-3-5-17(12,13)14-2;1-10-13(8,9)4-2-3-11-5-7-6-12-7;1-2(3)4;2*1-3-2;;;;/h9,11-13H,3-7H2,1-2H3;7-9H,2-6H2,1H3;1H3,(H,3,4);2*3H,1H3;4*1H4. The van der Waals surface area contributed by atoms with Gasteiger partial charge in [0.25, 0.3) is 5.97 Å². The molecule has 1 saturated heterocycles. The summed E-state index contributed by atoms with van der Waals surface area (Å²) in [5.41, 5.74) is 0. The van der Waals surface area contributed by atoms with E-state index >= 15 is 0 Å². The van der Waals surface area contributed by atoms with Crippen LogP contribution in [0, 0.1) is 0 Å². The zero-order valence-corrected chi connectivity index (χ0v) is 28.3. The Morgan fingerprint density at radius 1 is 0.864 bits per heavy atom. The number of aliphatic hydroxyl groups is 1. The lowest BCUT2D eigenvalue weighted by Gasteiger charge is -2.15. The van der Waals surface area contributed by atoms with Crippen LogP contribution in [0.5, 0.6) is 0 Å². The minimum absolute atomic E-state index is 0. The Morgan fingerprint density at radius 3 is 1.50 bits per heavy atom. The second kappa shape index (κ2) is 43.0. The Kier molecular flexibility index (Phi) is 61.3. The zero-order chi connectivity index (χ0) is 32.0. The minimum atomic E-state index is -3.50. The Labute approximate surface area is 275 Å². The first kappa shape index (κ1) is 62.7. The topological polar surface area (TPSA) is 214 Å². The lowest BCUT2D eigenvalue weighted by molar-refractivity contribution is -0.145. The average Bonchev–Trinajstić information content (AvgIpc) is 3.68. The molecule has 268 valence electrons. The van der Waals surface area contributed by atoms with Crippen LogP contribution in [0.1, 0.15) is 56.4 Å². The number of rotatable bonds is 16. The molecule has 4 unspecified atom stereocenters. The molecule has 0 saturated carbocycles. The number of esters is 1. The largest absolute Gasteiger partial charge is 0.495 e. The number of ether oxygens (including phenoxy) is 4. The molecule has 1 aliphatic rings. The van der Waals surface area contributed by atoms with Crippen molar-refractivity contribution >= 4 is 61.6 Å². The highest BCUT2D eigenvalue weighted by Crippen LogP contribution is 2.10. The molecule has 1 aliphatic heterocycles. The summed E-state index contributed by atoms with van der Waals surface area (Å²) in [6, 6.07) is 0.429. The summed E-state index contributed by atoms with van der Waals surface area (Å²) >= 11 is 0. The molecule has 1 fully saturated rings. The molecule has 0 aromatic rings. The first-order valence-electron chi connectivity index (χ1n) is 12.1. The van der Waals surface area contributed by atoms with Gasteiger partial charge < -0.3 is 57.2 Å². The molecule has 14 nitrogen and oxygen atoms in total. The normalized spacial score (nSPS) is 13.6. The van der Waals surface area contributed by atoms with Gasteiger partial charge in [0, 0.05) is 53.4 Å². The van der Waals surface area contributed by atoms with Crippen LogP contribution in [0.4, 0.5) is 0 Å². The second-order valence-electron chi connectivity index (χ2n) is 7.76. The summed E-state index contributed by atoms with van der Waals surface area (Å²) in [6.07, 6.45) is 0.437. The van der Waals surface area contributed by atoms with Crippen molar-refractivity contribution < 1.29 is 66.8 Å². The Morgan fingerprint density at radius 2 is 1.20 bits per heavy atom. The molecule has 20 heteroatoms. The maximum Gasteiger partial charge on any atom is 0.495 e. The average molecular weight is 717 g/mol. The number of carbonyl (C=O) groups excluding carboxylic acids is 1. The number of aliphatic carboxylic acids is 1. The molecule has 0 amide bonds. The van der Waals surface area contributed by atoms with Crippen LogP contribution >= 0.6 is 16.9 Å². The second-order valence-corrected chi connectivity index (χ2v) is 13.7. The summed E-state index contributed by atoms with van der Waals surface area (Å²) in [7, 11) is 6.63. The van der Waals surface area contributed by atoms with Gasteiger partial charge in [0.1, 0.15) is 33.9 Å². The highest BCUT2D eigenvalue weighted by atomic mass is 31.1. The van der Waals surface area contributed by atoms with Crippen molar-refractivity contribution in [3.8, 4) is 0 Å². The first-order chi connectivity index (χ1) is 18.6. The molecule has 0 spiro atoms. The smallest absolute Gasteiger partial charge is 0.481 e. The quantitative estimate of drug-likeness (QED) is 0.0441. The molecule has 44 heavy (non-hydrogen) atoms. The van der Waals surface area contributed by atoms with Gasteiger partial charge in [-0.05, 0) is 12.8 Å². The number of hydrogen-bond donors (Lipinski definition) is 6.